The lowest BCUT2D eigenvalue weighted by Crippen LogP contribution is -2.33. The van der Waals surface area contributed by atoms with Crippen molar-refractivity contribution in [2.24, 2.45) is 0 Å². The van der Waals surface area contributed by atoms with Crippen molar-refractivity contribution in [2.75, 3.05) is 29.2 Å². The van der Waals surface area contributed by atoms with Crippen molar-refractivity contribution >= 4 is 23.7 Å². The Morgan fingerprint density at radius 3 is 3.00 bits per heavy atom. The maximum Gasteiger partial charge on any atom is 0.257 e. The summed E-state index contributed by atoms with van der Waals surface area (Å²) in [6.07, 6.45) is 4.60. The molecule has 1 aliphatic heterocycles. The predicted molar refractivity (Wildman–Crippen MR) is 75.5 cm³/mol. The molecule has 0 amide bonds. The fraction of sp³-hybridized carbons (Fsp3) is 0.455. The Labute approximate surface area is 115 Å². The third kappa shape index (κ3) is 2.48. The maximum atomic E-state index is 5.77. The SMILES string of the molecule is CN(c1nc(N)nc(-n2cccn2)n1)C1CCSC1. The Hall–Kier alpha value is -1.83. The van der Waals surface area contributed by atoms with E-state index < -0.39 is 0 Å². The van der Waals surface area contributed by atoms with E-state index in [2.05, 4.69) is 25.0 Å². The predicted octanol–water partition coefficient (Wildman–Crippen LogP) is 0.581. The van der Waals surface area contributed by atoms with Gasteiger partial charge in [-0.15, -0.1) is 0 Å². The summed E-state index contributed by atoms with van der Waals surface area (Å²) in [5, 5.41) is 4.11. The number of nitrogens with two attached hydrogens (primary N) is 1. The van der Waals surface area contributed by atoms with Gasteiger partial charge in [0.2, 0.25) is 11.9 Å². The van der Waals surface area contributed by atoms with Gasteiger partial charge in [-0.3, -0.25) is 0 Å². The molecular weight excluding hydrogens is 262 g/mol. The van der Waals surface area contributed by atoms with E-state index in [4.69, 9.17) is 5.73 Å². The number of hydrogen-bond donors (Lipinski definition) is 1. The zero-order valence-corrected chi connectivity index (χ0v) is 11.4. The van der Waals surface area contributed by atoms with Gasteiger partial charge in [-0.05, 0) is 18.2 Å². The van der Waals surface area contributed by atoms with Gasteiger partial charge < -0.3 is 10.6 Å². The van der Waals surface area contributed by atoms with Gasteiger partial charge in [0.1, 0.15) is 0 Å². The van der Waals surface area contributed by atoms with Crippen molar-refractivity contribution in [3.05, 3.63) is 18.5 Å². The molecule has 2 aromatic rings. The summed E-state index contributed by atoms with van der Waals surface area (Å²) in [5.41, 5.74) is 5.77. The number of thioether (sulfide) groups is 1. The summed E-state index contributed by atoms with van der Waals surface area (Å²) in [5.74, 6) is 3.55. The van der Waals surface area contributed by atoms with Crippen LogP contribution in [0.1, 0.15) is 6.42 Å². The standard InChI is InChI=1S/C11H15N7S/c1-17(8-3-6-19-7-8)10-14-9(12)15-11(16-10)18-5-2-4-13-18/h2,4-5,8H,3,6-7H2,1H3,(H2,12,14,15,16). The van der Waals surface area contributed by atoms with Crippen LogP contribution in [-0.4, -0.2) is 49.3 Å². The maximum absolute atomic E-state index is 5.77. The van der Waals surface area contributed by atoms with Crippen LogP contribution in [0.5, 0.6) is 0 Å². The molecule has 1 atom stereocenters. The molecule has 1 saturated heterocycles. The van der Waals surface area contributed by atoms with Gasteiger partial charge in [0.25, 0.3) is 5.95 Å². The number of aromatic nitrogens is 5. The highest BCUT2D eigenvalue weighted by Gasteiger charge is 2.23. The molecule has 19 heavy (non-hydrogen) atoms. The molecule has 2 aromatic heterocycles. The molecule has 1 fully saturated rings. The summed E-state index contributed by atoms with van der Waals surface area (Å²) in [6, 6.07) is 2.27. The van der Waals surface area contributed by atoms with Crippen molar-refractivity contribution in [3.8, 4) is 5.95 Å². The van der Waals surface area contributed by atoms with E-state index in [9.17, 15) is 0 Å². The quantitative estimate of drug-likeness (QED) is 0.878. The summed E-state index contributed by atoms with van der Waals surface area (Å²) < 4.78 is 1.58. The van der Waals surface area contributed by atoms with Gasteiger partial charge in [0.15, 0.2) is 0 Å². The zero-order chi connectivity index (χ0) is 13.2. The third-order valence-corrected chi connectivity index (χ3v) is 4.25. The zero-order valence-electron chi connectivity index (χ0n) is 10.6. The van der Waals surface area contributed by atoms with E-state index in [0.717, 1.165) is 12.2 Å². The second kappa shape index (κ2) is 5.04. The van der Waals surface area contributed by atoms with Crippen LogP contribution < -0.4 is 10.6 Å². The first-order valence-corrected chi connectivity index (χ1v) is 7.21. The van der Waals surface area contributed by atoms with Crippen LogP contribution >= 0.6 is 11.8 Å². The van der Waals surface area contributed by atoms with Gasteiger partial charge in [-0.2, -0.15) is 31.8 Å². The van der Waals surface area contributed by atoms with Crippen LogP contribution in [0, 0.1) is 0 Å². The van der Waals surface area contributed by atoms with E-state index >= 15 is 0 Å². The van der Waals surface area contributed by atoms with Crippen LogP contribution in [-0.2, 0) is 0 Å². The first kappa shape index (κ1) is 12.2. The van der Waals surface area contributed by atoms with E-state index in [0.29, 0.717) is 17.9 Å². The number of rotatable bonds is 3. The lowest BCUT2D eigenvalue weighted by atomic mass is 10.2. The van der Waals surface area contributed by atoms with Gasteiger partial charge in [0, 0.05) is 31.2 Å². The van der Waals surface area contributed by atoms with E-state index in [1.807, 2.05) is 24.9 Å². The molecule has 1 unspecified atom stereocenters. The van der Waals surface area contributed by atoms with Crippen LogP contribution in [0.2, 0.25) is 0 Å². The molecule has 0 radical (unpaired) electrons. The highest BCUT2D eigenvalue weighted by Crippen LogP contribution is 2.24. The van der Waals surface area contributed by atoms with Gasteiger partial charge in [-0.25, -0.2) is 4.68 Å². The van der Waals surface area contributed by atoms with Crippen LogP contribution in [0.3, 0.4) is 0 Å². The molecule has 100 valence electrons. The minimum Gasteiger partial charge on any atom is -0.368 e. The van der Waals surface area contributed by atoms with E-state index in [1.54, 1.807) is 17.1 Å². The molecule has 8 heteroatoms. The van der Waals surface area contributed by atoms with E-state index in [1.165, 1.54) is 5.75 Å². The summed E-state index contributed by atoms with van der Waals surface area (Å²) >= 11 is 1.95. The monoisotopic (exact) mass is 277 g/mol. The minimum absolute atomic E-state index is 0.216. The smallest absolute Gasteiger partial charge is 0.257 e. The third-order valence-electron chi connectivity index (χ3n) is 3.11. The second-order valence-electron chi connectivity index (χ2n) is 4.37. The van der Waals surface area contributed by atoms with Crippen molar-refractivity contribution < 1.29 is 0 Å². The summed E-state index contributed by atoms with van der Waals surface area (Å²) in [4.78, 5) is 14.8. The molecule has 0 bridgehead atoms. The molecule has 7 nitrogen and oxygen atoms in total. The van der Waals surface area contributed by atoms with Crippen LogP contribution in [0.4, 0.5) is 11.9 Å². The Kier molecular flexibility index (Phi) is 3.24. The van der Waals surface area contributed by atoms with Crippen molar-refractivity contribution in [1.29, 1.82) is 0 Å². The molecule has 0 aliphatic carbocycles. The molecule has 0 spiro atoms. The summed E-state index contributed by atoms with van der Waals surface area (Å²) in [7, 11) is 2.00. The summed E-state index contributed by atoms with van der Waals surface area (Å²) in [6.45, 7) is 0. The van der Waals surface area contributed by atoms with Crippen LogP contribution in [0.25, 0.3) is 5.95 Å². The highest BCUT2D eigenvalue weighted by atomic mass is 32.2. The molecule has 0 aromatic carbocycles. The lowest BCUT2D eigenvalue weighted by Gasteiger charge is -2.23. The Morgan fingerprint density at radius 2 is 2.32 bits per heavy atom. The molecule has 1 aliphatic rings. The van der Waals surface area contributed by atoms with Crippen molar-refractivity contribution in [2.45, 2.75) is 12.5 Å². The number of hydrogen-bond acceptors (Lipinski definition) is 7. The second-order valence-corrected chi connectivity index (χ2v) is 5.52. The Balaban J connectivity index is 1.93. The highest BCUT2D eigenvalue weighted by molar-refractivity contribution is 7.99. The molecule has 3 rings (SSSR count). The average molecular weight is 277 g/mol. The Morgan fingerprint density at radius 1 is 1.42 bits per heavy atom. The first-order chi connectivity index (χ1) is 9.24. The largest absolute Gasteiger partial charge is 0.368 e. The molecule has 3 heterocycles. The molecule has 0 saturated carbocycles. The molecule has 2 N–H and O–H groups in total. The number of nitrogen functional groups attached to an aromatic ring is 1. The molecular formula is C11H15N7S. The normalized spacial score (nSPS) is 18.7. The average Bonchev–Trinajstić information content (AvgIpc) is 3.10. The fourth-order valence-electron chi connectivity index (χ4n) is 2.01. The van der Waals surface area contributed by atoms with Gasteiger partial charge in [0.05, 0.1) is 0 Å². The fourth-order valence-corrected chi connectivity index (χ4v) is 3.28. The van der Waals surface area contributed by atoms with Gasteiger partial charge in [-0.1, -0.05) is 0 Å². The van der Waals surface area contributed by atoms with Gasteiger partial charge >= 0.3 is 0 Å². The van der Waals surface area contributed by atoms with Crippen LogP contribution in [0.15, 0.2) is 18.5 Å². The Bertz CT molecular complexity index is 550. The minimum atomic E-state index is 0.216. The number of anilines is 2. The topological polar surface area (TPSA) is 85.8 Å². The van der Waals surface area contributed by atoms with E-state index in [-0.39, 0.29) is 5.95 Å². The number of nitrogens with zero attached hydrogens (tertiary/aromatic N) is 6. The van der Waals surface area contributed by atoms with Crippen molar-refractivity contribution in [1.82, 2.24) is 24.7 Å². The van der Waals surface area contributed by atoms with Crippen molar-refractivity contribution in [3.63, 3.8) is 0 Å². The lowest BCUT2D eigenvalue weighted by molar-refractivity contribution is 0.673. The first-order valence-electron chi connectivity index (χ1n) is 6.06.